The SMILES string of the molecule is Cc1nc(Cc2ccccc2)c(=O)[nH]c1CCCCNC(=O)OCc1ccccc1. The second-order valence-corrected chi connectivity index (χ2v) is 7.18. The molecule has 0 fully saturated rings. The topological polar surface area (TPSA) is 84.1 Å². The molecule has 0 unspecified atom stereocenters. The van der Waals surface area contributed by atoms with Crippen molar-refractivity contribution in [3.8, 4) is 0 Å². The molecule has 2 N–H and O–H groups in total. The fourth-order valence-corrected chi connectivity index (χ4v) is 3.16. The number of aryl methyl sites for hydroxylation is 2. The third kappa shape index (κ3) is 6.58. The summed E-state index contributed by atoms with van der Waals surface area (Å²) in [5.41, 5.74) is 4.11. The number of H-pyrrole nitrogens is 1. The summed E-state index contributed by atoms with van der Waals surface area (Å²) in [4.78, 5) is 31.6. The van der Waals surface area contributed by atoms with E-state index in [-0.39, 0.29) is 12.2 Å². The van der Waals surface area contributed by atoms with Crippen LogP contribution in [0.15, 0.2) is 65.5 Å². The zero-order valence-electron chi connectivity index (χ0n) is 17.2. The summed E-state index contributed by atoms with van der Waals surface area (Å²) in [5, 5.41) is 2.75. The summed E-state index contributed by atoms with van der Waals surface area (Å²) in [7, 11) is 0. The Labute approximate surface area is 176 Å². The first-order valence-electron chi connectivity index (χ1n) is 10.2. The highest BCUT2D eigenvalue weighted by Crippen LogP contribution is 2.08. The first-order valence-corrected chi connectivity index (χ1v) is 10.2. The second kappa shape index (κ2) is 11.0. The number of nitrogens with zero attached hydrogens (tertiary/aromatic N) is 1. The number of hydrogen-bond donors (Lipinski definition) is 2. The van der Waals surface area contributed by atoms with E-state index in [1.54, 1.807) is 0 Å². The molecule has 30 heavy (non-hydrogen) atoms. The standard InChI is InChI=1S/C24H27N3O3/c1-18-21(27-23(28)22(26-18)16-19-10-4-2-5-11-19)14-8-9-15-25-24(29)30-17-20-12-6-3-7-13-20/h2-7,10-13H,8-9,14-17H2,1H3,(H,25,29)(H,27,28). The molecule has 0 bridgehead atoms. The average molecular weight is 405 g/mol. The van der Waals surface area contributed by atoms with Crippen molar-refractivity contribution in [3.05, 3.63) is 99.2 Å². The highest BCUT2D eigenvalue weighted by atomic mass is 16.5. The highest BCUT2D eigenvalue weighted by molar-refractivity contribution is 5.67. The van der Waals surface area contributed by atoms with Gasteiger partial charge in [0.2, 0.25) is 0 Å². The predicted molar refractivity (Wildman–Crippen MR) is 116 cm³/mol. The van der Waals surface area contributed by atoms with Gasteiger partial charge in [0, 0.05) is 18.7 Å². The largest absolute Gasteiger partial charge is 0.445 e. The minimum absolute atomic E-state index is 0.137. The van der Waals surface area contributed by atoms with Crippen molar-refractivity contribution in [2.75, 3.05) is 6.54 Å². The van der Waals surface area contributed by atoms with Gasteiger partial charge in [-0.2, -0.15) is 0 Å². The molecule has 0 atom stereocenters. The van der Waals surface area contributed by atoms with Crippen LogP contribution in [0.3, 0.4) is 0 Å². The van der Waals surface area contributed by atoms with E-state index in [4.69, 9.17) is 4.74 Å². The number of alkyl carbamates (subject to hydrolysis) is 1. The van der Waals surface area contributed by atoms with E-state index in [1.807, 2.05) is 67.6 Å². The summed E-state index contributed by atoms with van der Waals surface area (Å²) in [6, 6.07) is 19.4. The van der Waals surface area contributed by atoms with Gasteiger partial charge in [-0.15, -0.1) is 0 Å². The number of carbonyl (C=O) groups is 1. The normalized spacial score (nSPS) is 10.6. The third-order valence-corrected chi connectivity index (χ3v) is 4.82. The first kappa shape index (κ1) is 21.3. The van der Waals surface area contributed by atoms with Crippen LogP contribution < -0.4 is 10.9 Å². The number of unbranched alkanes of at least 4 members (excludes halogenated alkanes) is 1. The molecular weight excluding hydrogens is 378 g/mol. The number of nitrogens with one attached hydrogen (secondary N) is 2. The number of benzene rings is 2. The Hall–Kier alpha value is -3.41. The molecule has 3 rings (SSSR count). The van der Waals surface area contributed by atoms with Gasteiger partial charge in [0.15, 0.2) is 0 Å². The Bertz CT molecular complexity index is 1000. The predicted octanol–water partition coefficient (Wildman–Crippen LogP) is 3.92. The molecule has 156 valence electrons. The van der Waals surface area contributed by atoms with Crippen molar-refractivity contribution in [1.29, 1.82) is 0 Å². The van der Waals surface area contributed by atoms with Crippen LogP contribution in [0.25, 0.3) is 0 Å². The molecule has 1 heterocycles. The maximum atomic E-state index is 12.4. The molecule has 0 saturated carbocycles. The van der Waals surface area contributed by atoms with Crippen molar-refractivity contribution in [2.45, 2.75) is 39.2 Å². The molecule has 0 aliphatic carbocycles. The molecule has 0 aliphatic rings. The van der Waals surface area contributed by atoms with Crippen LogP contribution in [0.2, 0.25) is 0 Å². The number of carbonyl (C=O) groups excluding carboxylic acids is 1. The third-order valence-electron chi connectivity index (χ3n) is 4.82. The molecule has 6 heteroatoms. The Morgan fingerprint density at radius 3 is 2.37 bits per heavy atom. The summed E-state index contributed by atoms with van der Waals surface area (Å²) >= 11 is 0. The maximum Gasteiger partial charge on any atom is 0.407 e. The molecule has 1 amide bonds. The molecule has 0 aliphatic heterocycles. The van der Waals surface area contributed by atoms with Crippen LogP contribution in [0.5, 0.6) is 0 Å². The summed E-state index contributed by atoms with van der Waals surface area (Å²) in [6.45, 7) is 2.70. The van der Waals surface area contributed by atoms with Crippen molar-refractivity contribution >= 4 is 6.09 Å². The number of aromatic nitrogens is 2. The van der Waals surface area contributed by atoms with Crippen molar-refractivity contribution in [2.24, 2.45) is 0 Å². The van der Waals surface area contributed by atoms with Crippen LogP contribution in [0, 0.1) is 6.92 Å². The van der Waals surface area contributed by atoms with Crippen LogP contribution in [0.4, 0.5) is 4.79 Å². The zero-order chi connectivity index (χ0) is 21.2. The Morgan fingerprint density at radius 2 is 1.67 bits per heavy atom. The fourth-order valence-electron chi connectivity index (χ4n) is 3.16. The number of hydrogen-bond acceptors (Lipinski definition) is 4. The molecule has 3 aromatic rings. The zero-order valence-corrected chi connectivity index (χ0v) is 17.2. The number of ether oxygens (including phenoxy) is 1. The minimum Gasteiger partial charge on any atom is -0.445 e. The average Bonchev–Trinajstić information content (AvgIpc) is 2.76. The first-order chi connectivity index (χ1) is 14.6. The lowest BCUT2D eigenvalue weighted by Crippen LogP contribution is -2.25. The summed E-state index contributed by atoms with van der Waals surface area (Å²) in [6.07, 6.45) is 2.42. The summed E-state index contributed by atoms with van der Waals surface area (Å²) < 4.78 is 5.18. The Kier molecular flexibility index (Phi) is 7.78. The fraction of sp³-hybridized carbons (Fsp3) is 0.292. The van der Waals surface area contributed by atoms with Gasteiger partial charge in [0.25, 0.3) is 5.56 Å². The van der Waals surface area contributed by atoms with Gasteiger partial charge in [-0.3, -0.25) is 9.78 Å². The van der Waals surface area contributed by atoms with Crippen molar-refractivity contribution in [3.63, 3.8) is 0 Å². The number of rotatable bonds is 9. The van der Waals surface area contributed by atoms with Crippen molar-refractivity contribution < 1.29 is 9.53 Å². The summed E-state index contributed by atoms with van der Waals surface area (Å²) in [5.74, 6) is 0. The lowest BCUT2D eigenvalue weighted by Gasteiger charge is -2.09. The van der Waals surface area contributed by atoms with E-state index in [0.717, 1.165) is 35.4 Å². The maximum absolute atomic E-state index is 12.4. The van der Waals surface area contributed by atoms with Gasteiger partial charge in [0.05, 0.1) is 5.69 Å². The lowest BCUT2D eigenvalue weighted by atomic mass is 10.1. The van der Waals surface area contributed by atoms with Gasteiger partial charge in [-0.25, -0.2) is 4.79 Å². The van der Waals surface area contributed by atoms with Gasteiger partial charge >= 0.3 is 6.09 Å². The number of amides is 1. The van der Waals surface area contributed by atoms with E-state index in [1.165, 1.54) is 0 Å². The molecule has 2 aromatic carbocycles. The van der Waals surface area contributed by atoms with Crippen LogP contribution in [-0.4, -0.2) is 22.6 Å². The van der Waals surface area contributed by atoms with E-state index in [2.05, 4.69) is 15.3 Å². The minimum atomic E-state index is -0.421. The molecule has 6 nitrogen and oxygen atoms in total. The van der Waals surface area contributed by atoms with E-state index < -0.39 is 6.09 Å². The van der Waals surface area contributed by atoms with Gasteiger partial charge in [-0.1, -0.05) is 60.7 Å². The van der Waals surface area contributed by atoms with E-state index >= 15 is 0 Å². The van der Waals surface area contributed by atoms with Gasteiger partial charge in [0.1, 0.15) is 12.3 Å². The van der Waals surface area contributed by atoms with E-state index in [0.29, 0.717) is 25.1 Å². The number of aromatic amines is 1. The molecular formula is C24H27N3O3. The van der Waals surface area contributed by atoms with Crippen LogP contribution >= 0.6 is 0 Å². The molecule has 0 saturated heterocycles. The van der Waals surface area contributed by atoms with Crippen molar-refractivity contribution in [1.82, 2.24) is 15.3 Å². The second-order valence-electron chi connectivity index (χ2n) is 7.18. The highest BCUT2D eigenvalue weighted by Gasteiger charge is 2.09. The Morgan fingerprint density at radius 1 is 1.00 bits per heavy atom. The monoisotopic (exact) mass is 405 g/mol. The molecule has 0 radical (unpaired) electrons. The van der Waals surface area contributed by atoms with Crippen LogP contribution in [0.1, 0.15) is 41.1 Å². The smallest absolute Gasteiger partial charge is 0.407 e. The molecule has 1 aromatic heterocycles. The van der Waals surface area contributed by atoms with Gasteiger partial charge in [-0.05, 0) is 37.3 Å². The quantitative estimate of drug-likeness (QED) is 0.529. The van der Waals surface area contributed by atoms with Crippen LogP contribution in [-0.2, 0) is 24.2 Å². The van der Waals surface area contributed by atoms with E-state index in [9.17, 15) is 9.59 Å². The van der Waals surface area contributed by atoms with Gasteiger partial charge < -0.3 is 15.0 Å². The molecule has 0 spiro atoms. The lowest BCUT2D eigenvalue weighted by molar-refractivity contribution is 0.139. The Balaban J connectivity index is 1.40.